The van der Waals surface area contributed by atoms with Crippen LogP contribution in [0.3, 0.4) is 0 Å². The molecule has 1 fully saturated rings. The minimum Gasteiger partial charge on any atom is -0.369 e. The first-order chi connectivity index (χ1) is 8.61. The van der Waals surface area contributed by atoms with Crippen molar-refractivity contribution in [3.8, 4) is 0 Å². The third-order valence-electron chi connectivity index (χ3n) is 3.45. The highest BCUT2D eigenvalue weighted by Crippen LogP contribution is 2.20. The molecule has 5 heteroatoms. The van der Waals surface area contributed by atoms with Gasteiger partial charge in [-0.05, 0) is 13.0 Å². The minimum absolute atomic E-state index is 0.106. The molecule has 0 bridgehead atoms. The van der Waals surface area contributed by atoms with Crippen molar-refractivity contribution in [3.63, 3.8) is 0 Å². The zero-order chi connectivity index (χ0) is 13.1. The van der Waals surface area contributed by atoms with E-state index in [4.69, 9.17) is 11.5 Å². The predicted octanol–water partition coefficient (Wildman–Crippen LogP) is 0.592. The average Bonchev–Trinajstić information content (AvgIpc) is 2.80. The van der Waals surface area contributed by atoms with E-state index >= 15 is 0 Å². The molecule has 1 atom stereocenters. The molecule has 0 spiro atoms. The molecule has 2 rings (SSSR count). The Morgan fingerprint density at radius 2 is 2.17 bits per heavy atom. The number of hydrogen-bond donors (Lipinski definition) is 2. The Labute approximate surface area is 106 Å². The summed E-state index contributed by atoms with van der Waals surface area (Å²) in [6.07, 6.45) is 0.757. The van der Waals surface area contributed by atoms with Gasteiger partial charge in [0.25, 0.3) is 0 Å². The molecule has 4 N–H and O–H groups in total. The number of primary amides is 1. The maximum absolute atomic E-state index is 14.0. The average molecular weight is 251 g/mol. The summed E-state index contributed by atoms with van der Waals surface area (Å²) in [4.78, 5) is 13.1. The molecule has 0 aromatic heterocycles. The number of halogens is 1. The Balaban J connectivity index is 2.05. The van der Waals surface area contributed by atoms with E-state index in [1.54, 1.807) is 12.1 Å². The number of nitrogens with two attached hydrogens (primary N) is 2. The maximum Gasteiger partial charge on any atom is 0.221 e. The van der Waals surface area contributed by atoms with Gasteiger partial charge in [0.1, 0.15) is 5.82 Å². The van der Waals surface area contributed by atoms with Crippen LogP contribution >= 0.6 is 0 Å². The summed E-state index contributed by atoms with van der Waals surface area (Å²) in [7, 11) is 0. The van der Waals surface area contributed by atoms with Crippen LogP contribution in [0.25, 0.3) is 0 Å². The summed E-state index contributed by atoms with van der Waals surface area (Å²) < 4.78 is 14.0. The fourth-order valence-corrected chi connectivity index (χ4v) is 2.36. The van der Waals surface area contributed by atoms with Crippen LogP contribution < -0.4 is 11.5 Å². The molecular weight excluding hydrogens is 233 g/mol. The molecule has 1 aliphatic rings. The van der Waals surface area contributed by atoms with Gasteiger partial charge in [0.15, 0.2) is 0 Å². The van der Waals surface area contributed by atoms with E-state index in [0.717, 1.165) is 13.0 Å². The van der Waals surface area contributed by atoms with Gasteiger partial charge in [0.05, 0.1) is 5.92 Å². The molecule has 1 saturated heterocycles. The van der Waals surface area contributed by atoms with E-state index in [9.17, 15) is 9.18 Å². The molecule has 1 amide bonds. The number of carbonyl (C=O) groups is 1. The van der Waals surface area contributed by atoms with Crippen molar-refractivity contribution >= 4 is 5.91 Å². The monoisotopic (exact) mass is 251 g/mol. The third-order valence-corrected chi connectivity index (χ3v) is 3.45. The normalized spacial score (nSPS) is 20.2. The third kappa shape index (κ3) is 2.68. The summed E-state index contributed by atoms with van der Waals surface area (Å²) in [5.41, 5.74) is 11.9. The van der Waals surface area contributed by atoms with Crippen molar-refractivity contribution in [3.05, 3.63) is 35.1 Å². The van der Waals surface area contributed by atoms with Crippen molar-refractivity contribution in [2.75, 3.05) is 13.1 Å². The van der Waals surface area contributed by atoms with Crippen LogP contribution in [0.5, 0.6) is 0 Å². The number of rotatable bonds is 4. The van der Waals surface area contributed by atoms with Gasteiger partial charge in [-0.15, -0.1) is 0 Å². The van der Waals surface area contributed by atoms with Crippen molar-refractivity contribution in [1.82, 2.24) is 4.90 Å². The minimum atomic E-state index is -0.270. The SMILES string of the molecule is NCc1cccc(CN2CCC(C(N)=O)C2)c1F. The molecule has 98 valence electrons. The second kappa shape index (κ2) is 5.46. The van der Waals surface area contributed by atoms with Crippen LogP contribution in [-0.4, -0.2) is 23.9 Å². The molecule has 0 saturated carbocycles. The Hall–Kier alpha value is -1.46. The van der Waals surface area contributed by atoms with E-state index < -0.39 is 0 Å². The molecule has 1 heterocycles. The number of benzene rings is 1. The van der Waals surface area contributed by atoms with E-state index in [1.165, 1.54) is 0 Å². The predicted molar refractivity (Wildman–Crippen MR) is 66.9 cm³/mol. The number of amides is 1. The fourth-order valence-electron chi connectivity index (χ4n) is 2.36. The summed E-state index contributed by atoms with van der Waals surface area (Å²) >= 11 is 0. The molecule has 1 aromatic carbocycles. The Morgan fingerprint density at radius 3 is 2.78 bits per heavy atom. The number of nitrogens with zero attached hydrogens (tertiary/aromatic N) is 1. The van der Waals surface area contributed by atoms with Gasteiger partial charge in [-0.1, -0.05) is 18.2 Å². The van der Waals surface area contributed by atoms with Gasteiger partial charge >= 0.3 is 0 Å². The first-order valence-electron chi connectivity index (χ1n) is 6.10. The van der Waals surface area contributed by atoms with E-state index in [2.05, 4.69) is 0 Å². The zero-order valence-corrected chi connectivity index (χ0v) is 10.2. The highest BCUT2D eigenvalue weighted by atomic mass is 19.1. The second-order valence-electron chi connectivity index (χ2n) is 4.72. The maximum atomic E-state index is 14.0. The standard InChI is InChI=1S/C13H18FN3O/c14-12-9(6-15)2-1-3-10(12)7-17-5-4-11(8-17)13(16)18/h1-3,11H,4-8,15H2,(H2,16,18). The molecule has 0 aliphatic carbocycles. The molecule has 1 aliphatic heterocycles. The fraction of sp³-hybridized carbons (Fsp3) is 0.462. The first kappa shape index (κ1) is 13.0. The lowest BCUT2D eigenvalue weighted by Crippen LogP contribution is -2.27. The summed E-state index contributed by atoms with van der Waals surface area (Å²) in [5.74, 6) is -0.609. The van der Waals surface area contributed by atoms with Crippen LogP contribution in [0.4, 0.5) is 4.39 Å². The highest BCUT2D eigenvalue weighted by molar-refractivity contribution is 5.77. The Kier molecular flexibility index (Phi) is 3.93. The van der Waals surface area contributed by atoms with Crippen molar-refractivity contribution in [2.24, 2.45) is 17.4 Å². The van der Waals surface area contributed by atoms with Gasteiger partial charge in [0, 0.05) is 30.8 Å². The van der Waals surface area contributed by atoms with Crippen molar-refractivity contribution < 1.29 is 9.18 Å². The van der Waals surface area contributed by atoms with Crippen LogP contribution in [0.1, 0.15) is 17.5 Å². The van der Waals surface area contributed by atoms with Crippen molar-refractivity contribution in [1.29, 1.82) is 0 Å². The quantitative estimate of drug-likeness (QED) is 0.822. The smallest absolute Gasteiger partial charge is 0.221 e. The molecule has 18 heavy (non-hydrogen) atoms. The first-order valence-corrected chi connectivity index (χ1v) is 6.10. The molecule has 0 radical (unpaired) electrons. The number of likely N-dealkylation sites (tertiary alicyclic amines) is 1. The van der Waals surface area contributed by atoms with Crippen molar-refractivity contribution in [2.45, 2.75) is 19.5 Å². The van der Waals surface area contributed by atoms with Gasteiger partial charge < -0.3 is 11.5 Å². The van der Waals surface area contributed by atoms with Crippen LogP contribution in [0.15, 0.2) is 18.2 Å². The lowest BCUT2D eigenvalue weighted by Gasteiger charge is -2.16. The Bertz CT molecular complexity index is 450. The van der Waals surface area contributed by atoms with E-state index in [1.807, 2.05) is 11.0 Å². The zero-order valence-electron chi connectivity index (χ0n) is 10.2. The molecule has 1 aromatic rings. The molecular formula is C13H18FN3O. The molecule has 4 nitrogen and oxygen atoms in total. The lowest BCUT2D eigenvalue weighted by atomic mass is 10.1. The summed E-state index contributed by atoms with van der Waals surface area (Å²) in [5, 5.41) is 0. The highest BCUT2D eigenvalue weighted by Gasteiger charge is 2.26. The summed E-state index contributed by atoms with van der Waals surface area (Å²) in [6, 6.07) is 5.25. The van der Waals surface area contributed by atoms with Crippen LogP contribution in [-0.2, 0) is 17.9 Å². The largest absolute Gasteiger partial charge is 0.369 e. The van der Waals surface area contributed by atoms with E-state index in [-0.39, 0.29) is 24.2 Å². The van der Waals surface area contributed by atoms with Gasteiger partial charge in [-0.2, -0.15) is 0 Å². The topological polar surface area (TPSA) is 72.3 Å². The number of hydrogen-bond acceptors (Lipinski definition) is 3. The van der Waals surface area contributed by atoms with Gasteiger partial charge in [-0.3, -0.25) is 9.69 Å². The van der Waals surface area contributed by atoms with E-state index in [0.29, 0.717) is 24.2 Å². The van der Waals surface area contributed by atoms with Gasteiger partial charge in [-0.25, -0.2) is 4.39 Å². The lowest BCUT2D eigenvalue weighted by molar-refractivity contribution is -0.121. The van der Waals surface area contributed by atoms with Gasteiger partial charge in [0.2, 0.25) is 5.91 Å². The summed E-state index contributed by atoms with van der Waals surface area (Å²) in [6.45, 7) is 2.09. The van der Waals surface area contributed by atoms with Crippen LogP contribution in [0, 0.1) is 11.7 Å². The van der Waals surface area contributed by atoms with Crippen LogP contribution in [0.2, 0.25) is 0 Å². The molecule has 1 unspecified atom stereocenters. The Morgan fingerprint density at radius 1 is 1.44 bits per heavy atom. The second-order valence-corrected chi connectivity index (χ2v) is 4.72. The number of carbonyl (C=O) groups excluding carboxylic acids is 1.